The summed E-state index contributed by atoms with van der Waals surface area (Å²) in [6, 6.07) is 15.3. The average molecular weight is 576 g/mol. The molecule has 1 N–H and O–H groups in total. The maximum atomic E-state index is 10.6. The summed E-state index contributed by atoms with van der Waals surface area (Å²) in [5.74, 6) is 1.58. The van der Waals surface area contributed by atoms with Crippen LogP contribution in [0.3, 0.4) is 0 Å². The molecule has 2 unspecified atom stereocenters. The molecule has 0 aliphatic carbocycles. The molecule has 43 heavy (non-hydrogen) atoms. The fourth-order valence-corrected chi connectivity index (χ4v) is 6.45. The molecule has 11 nitrogen and oxygen atoms in total. The molecule has 0 saturated carbocycles. The summed E-state index contributed by atoms with van der Waals surface area (Å²) in [6.07, 6.45) is 8.42. The molecule has 2 bridgehead atoms. The summed E-state index contributed by atoms with van der Waals surface area (Å²) >= 11 is 0. The number of nitrogens with zero attached hydrogens (tertiary/aromatic N) is 9. The predicted octanol–water partition coefficient (Wildman–Crippen LogP) is 3.76. The minimum atomic E-state index is -1.04. The summed E-state index contributed by atoms with van der Waals surface area (Å²) < 4.78 is 8.61. The Morgan fingerprint density at radius 1 is 1.05 bits per heavy atom. The monoisotopic (exact) mass is 575 g/mol. The van der Waals surface area contributed by atoms with E-state index in [0.29, 0.717) is 34.9 Å². The Hall–Kier alpha value is -4.79. The highest BCUT2D eigenvalue weighted by Crippen LogP contribution is 2.37. The zero-order chi connectivity index (χ0) is 29.9. The highest BCUT2D eigenvalue weighted by molar-refractivity contribution is 5.87. The number of rotatable bonds is 7. The van der Waals surface area contributed by atoms with Gasteiger partial charge in [-0.25, -0.2) is 14.5 Å². The Labute approximate surface area is 249 Å². The number of piperidine rings is 1. The summed E-state index contributed by atoms with van der Waals surface area (Å²) in [6.45, 7) is 6.22. The van der Waals surface area contributed by atoms with Gasteiger partial charge in [0, 0.05) is 80.1 Å². The molecule has 3 saturated heterocycles. The third-order valence-corrected chi connectivity index (χ3v) is 8.63. The first-order valence-corrected chi connectivity index (χ1v) is 14.4. The molecule has 3 aliphatic heterocycles. The van der Waals surface area contributed by atoms with Crippen molar-refractivity contribution in [1.29, 1.82) is 5.26 Å². The Balaban J connectivity index is 1.14. The van der Waals surface area contributed by atoms with Crippen molar-refractivity contribution in [3.63, 3.8) is 0 Å². The van der Waals surface area contributed by atoms with Crippen LogP contribution in [0.1, 0.15) is 37.1 Å². The number of piperazine rings is 1. The van der Waals surface area contributed by atoms with Crippen molar-refractivity contribution in [2.75, 3.05) is 25.1 Å². The molecule has 3 aliphatic rings. The van der Waals surface area contributed by atoms with Crippen molar-refractivity contribution in [2.24, 2.45) is 7.05 Å². The number of aryl methyl sites for hydroxylation is 1. The first-order valence-electron chi connectivity index (χ1n) is 14.4. The van der Waals surface area contributed by atoms with Crippen LogP contribution in [0.2, 0.25) is 0 Å². The normalized spacial score (nSPS) is 18.5. The third kappa shape index (κ3) is 4.78. The van der Waals surface area contributed by atoms with E-state index in [9.17, 15) is 10.4 Å². The molecule has 218 valence electrons. The second-order valence-corrected chi connectivity index (χ2v) is 11.9. The molecule has 0 spiro atoms. The standard InChI is InChI=1S/C32H33N9O2/c1-32(2,42)28-11-27(37-38(28)3)22-9-26(31-23(12-33)15-36-41(31)17-22)21-6-7-29(34-14-21)39-18-24-10-25(19-39)40(24)16-20-5-8-30(43-4)35-13-20/h5-9,11,13-15,17,24-25,42H,10,16,18-19H2,1-4H3. The van der Waals surface area contributed by atoms with Gasteiger partial charge in [-0.05, 0) is 50.1 Å². The molecular formula is C32H33N9O2. The van der Waals surface area contributed by atoms with Gasteiger partial charge in [0.1, 0.15) is 17.5 Å². The second kappa shape index (κ2) is 10.2. The number of fused-ring (bicyclic) bond motifs is 3. The van der Waals surface area contributed by atoms with Crippen molar-refractivity contribution in [3.8, 4) is 34.3 Å². The zero-order valence-electron chi connectivity index (χ0n) is 24.6. The average Bonchev–Trinajstić information content (AvgIpc) is 3.63. The van der Waals surface area contributed by atoms with Gasteiger partial charge in [0.25, 0.3) is 0 Å². The molecule has 0 amide bonds. The lowest BCUT2D eigenvalue weighted by atomic mass is 9.87. The Morgan fingerprint density at radius 2 is 1.86 bits per heavy atom. The van der Waals surface area contributed by atoms with E-state index >= 15 is 0 Å². The van der Waals surface area contributed by atoms with Crippen molar-refractivity contribution in [2.45, 2.75) is 44.5 Å². The van der Waals surface area contributed by atoms with E-state index < -0.39 is 5.60 Å². The number of pyridine rings is 3. The van der Waals surface area contributed by atoms with Crippen molar-refractivity contribution in [1.82, 2.24) is 34.3 Å². The Kier molecular flexibility index (Phi) is 6.41. The van der Waals surface area contributed by atoms with E-state index in [2.05, 4.69) is 49.2 Å². The van der Waals surface area contributed by atoms with Gasteiger partial charge in [-0.3, -0.25) is 9.58 Å². The lowest BCUT2D eigenvalue weighted by Crippen LogP contribution is -2.68. The van der Waals surface area contributed by atoms with Gasteiger partial charge >= 0.3 is 0 Å². The van der Waals surface area contributed by atoms with Crippen LogP contribution in [0, 0.1) is 11.3 Å². The second-order valence-electron chi connectivity index (χ2n) is 11.9. The molecule has 3 fully saturated rings. The number of aromatic nitrogens is 6. The number of hydrogen-bond acceptors (Lipinski definition) is 9. The third-order valence-electron chi connectivity index (χ3n) is 8.63. The number of hydrogen-bond donors (Lipinski definition) is 1. The minimum absolute atomic E-state index is 0.482. The summed E-state index contributed by atoms with van der Waals surface area (Å²) in [4.78, 5) is 14.2. The molecular weight excluding hydrogens is 542 g/mol. The van der Waals surface area contributed by atoms with Crippen LogP contribution >= 0.6 is 0 Å². The number of nitriles is 1. The fourth-order valence-electron chi connectivity index (χ4n) is 6.45. The number of ether oxygens (including phenoxy) is 1. The minimum Gasteiger partial charge on any atom is -0.481 e. The lowest BCUT2D eigenvalue weighted by molar-refractivity contribution is -0.00876. The maximum absolute atomic E-state index is 10.6. The lowest BCUT2D eigenvalue weighted by Gasteiger charge is -2.56. The highest BCUT2D eigenvalue weighted by Gasteiger charge is 2.44. The zero-order valence-corrected chi connectivity index (χ0v) is 24.6. The Bertz CT molecular complexity index is 1830. The van der Waals surface area contributed by atoms with Crippen LogP contribution in [-0.4, -0.2) is 71.7 Å². The largest absolute Gasteiger partial charge is 0.481 e. The van der Waals surface area contributed by atoms with E-state index in [1.165, 1.54) is 12.0 Å². The van der Waals surface area contributed by atoms with Crippen molar-refractivity contribution >= 4 is 11.3 Å². The number of anilines is 1. The van der Waals surface area contributed by atoms with E-state index in [1.54, 1.807) is 36.4 Å². The first-order chi connectivity index (χ1) is 20.7. The van der Waals surface area contributed by atoms with Crippen LogP contribution < -0.4 is 9.64 Å². The SMILES string of the molecule is COc1ccc(CN2C3CC2CN(c2ccc(-c4cc(-c5cc(C(C)(C)O)n(C)n5)cn5ncc(C#N)c45)cn2)C3)cn1. The number of aliphatic hydroxyl groups is 1. The fraction of sp³-hybridized carbons (Fsp3) is 0.344. The predicted molar refractivity (Wildman–Crippen MR) is 161 cm³/mol. The number of methoxy groups -OCH3 is 1. The molecule has 2 atom stereocenters. The van der Waals surface area contributed by atoms with E-state index in [0.717, 1.165) is 47.7 Å². The quantitative estimate of drug-likeness (QED) is 0.309. The van der Waals surface area contributed by atoms with Gasteiger partial charge in [-0.15, -0.1) is 0 Å². The van der Waals surface area contributed by atoms with Crippen LogP contribution in [0.5, 0.6) is 5.88 Å². The van der Waals surface area contributed by atoms with Gasteiger partial charge in [0.15, 0.2) is 0 Å². The summed E-state index contributed by atoms with van der Waals surface area (Å²) in [7, 11) is 3.45. The molecule has 8 heterocycles. The van der Waals surface area contributed by atoms with Crippen LogP contribution in [-0.2, 0) is 19.2 Å². The van der Waals surface area contributed by atoms with Gasteiger partial charge in [0.05, 0.1) is 35.8 Å². The van der Waals surface area contributed by atoms with E-state index in [-0.39, 0.29) is 0 Å². The van der Waals surface area contributed by atoms with E-state index in [1.807, 2.05) is 43.8 Å². The molecule has 8 rings (SSSR count). The molecule has 5 aromatic rings. The van der Waals surface area contributed by atoms with Gasteiger partial charge in [-0.1, -0.05) is 6.07 Å². The maximum Gasteiger partial charge on any atom is 0.212 e. The van der Waals surface area contributed by atoms with Crippen LogP contribution in [0.25, 0.3) is 27.9 Å². The van der Waals surface area contributed by atoms with E-state index in [4.69, 9.17) is 9.72 Å². The topological polar surface area (TPSA) is 121 Å². The van der Waals surface area contributed by atoms with Crippen molar-refractivity contribution < 1.29 is 9.84 Å². The summed E-state index contributed by atoms with van der Waals surface area (Å²) in [5.41, 5.74) is 5.35. The van der Waals surface area contributed by atoms with Crippen molar-refractivity contribution in [3.05, 3.63) is 78.0 Å². The summed E-state index contributed by atoms with van der Waals surface area (Å²) in [5, 5.41) is 29.5. The molecule has 0 radical (unpaired) electrons. The smallest absolute Gasteiger partial charge is 0.212 e. The molecule has 0 aromatic carbocycles. The van der Waals surface area contributed by atoms with Gasteiger partial charge < -0.3 is 14.7 Å². The van der Waals surface area contributed by atoms with Crippen LogP contribution in [0.4, 0.5) is 5.82 Å². The first kappa shape index (κ1) is 27.1. The molecule has 5 aromatic heterocycles. The highest BCUT2D eigenvalue weighted by atomic mass is 16.5. The van der Waals surface area contributed by atoms with Gasteiger partial charge in [0.2, 0.25) is 5.88 Å². The molecule has 11 heteroatoms. The van der Waals surface area contributed by atoms with Gasteiger partial charge in [-0.2, -0.15) is 15.5 Å². The van der Waals surface area contributed by atoms with Crippen LogP contribution in [0.15, 0.2) is 61.2 Å². The Morgan fingerprint density at radius 3 is 2.49 bits per heavy atom.